The first-order chi connectivity index (χ1) is 22.6. The third-order valence-corrected chi connectivity index (χ3v) is 9.96. The van der Waals surface area contributed by atoms with Gasteiger partial charge in [-0.3, -0.25) is 14.8 Å². The molecule has 5 rings (SSSR count). The fourth-order valence-electron chi connectivity index (χ4n) is 4.37. The molecular formula is C33H35N3O6S4. The van der Waals surface area contributed by atoms with E-state index in [9.17, 15) is 9.59 Å². The van der Waals surface area contributed by atoms with E-state index in [0.717, 1.165) is 30.6 Å². The zero-order chi connectivity index (χ0) is 31.8. The van der Waals surface area contributed by atoms with Crippen LogP contribution < -0.4 is 0 Å². The number of carbonyl (C=O) groups excluding carboxylic acids is 2. The van der Waals surface area contributed by atoms with Crippen molar-refractivity contribution in [3.63, 3.8) is 0 Å². The van der Waals surface area contributed by atoms with E-state index in [0.29, 0.717) is 39.4 Å². The number of nitrogens with zero attached hydrogens (tertiary/aromatic N) is 3. The lowest BCUT2D eigenvalue weighted by atomic mass is 10.2. The van der Waals surface area contributed by atoms with Crippen LogP contribution in [0.3, 0.4) is 0 Å². The standard InChI is InChI=1S/C33H35N3O6S4/c37-32(35(20-28-5-1-13-43-28)21-29-6-2-14-44-29)41-11-9-39-24-26-17-27(19-34-18-26)25-40-10-12-42-33(38)36(22-30-7-3-15-45-30)23-31-8-4-16-46-31/h1-8,13-19H,9-12,20-25H2. The Morgan fingerprint density at radius 1 is 0.565 bits per heavy atom. The number of thiophene rings is 4. The van der Waals surface area contributed by atoms with Gasteiger partial charge in [-0.05, 0) is 63.0 Å². The minimum atomic E-state index is -0.366. The van der Waals surface area contributed by atoms with Crippen LogP contribution in [0.2, 0.25) is 0 Å². The smallest absolute Gasteiger partial charge is 0.410 e. The zero-order valence-electron chi connectivity index (χ0n) is 25.2. The summed E-state index contributed by atoms with van der Waals surface area (Å²) in [7, 11) is 0. The molecule has 0 aromatic carbocycles. The van der Waals surface area contributed by atoms with Gasteiger partial charge in [0.05, 0.1) is 52.6 Å². The monoisotopic (exact) mass is 697 g/mol. The van der Waals surface area contributed by atoms with Gasteiger partial charge in [-0.1, -0.05) is 24.3 Å². The second kappa shape index (κ2) is 18.5. The molecule has 0 N–H and O–H groups in total. The summed E-state index contributed by atoms with van der Waals surface area (Å²) < 4.78 is 22.5. The summed E-state index contributed by atoms with van der Waals surface area (Å²) in [6.45, 7) is 3.49. The number of pyridine rings is 1. The van der Waals surface area contributed by atoms with Crippen LogP contribution in [0.1, 0.15) is 30.6 Å². The lowest BCUT2D eigenvalue weighted by molar-refractivity contribution is 0.0454. The molecule has 0 unspecified atom stereocenters. The fraction of sp³-hybridized carbons (Fsp3) is 0.303. The van der Waals surface area contributed by atoms with Gasteiger partial charge in [0.25, 0.3) is 0 Å². The van der Waals surface area contributed by atoms with Crippen LogP contribution in [-0.4, -0.2) is 53.4 Å². The van der Waals surface area contributed by atoms with Gasteiger partial charge in [-0.2, -0.15) is 0 Å². The molecule has 46 heavy (non-hydrogen) atoms. The molecule has 0 fully saturated rings. The quantitative estimate of drug-likeness (QED) is 0.0857. The summed E-state index contributed by atoms with van der Waals surface area (Å²) >= 11 is 6.46. The highest BCUT2D eigenvalue weighted by atomic mass is 32.1. The number of hydrogen-bond acceptors (Lipinski definition) is 11. The van der Waals surface area contributed by atoms with Gasteiger partial charge in [-0.15, -0.1) is 45.3 Å². The van der Waals surface area contributed by atoms with Gasteiger partial charge in [0.2, 0.25) is 0 Å². The number of hydrogen-bond donors (Lipinski definition) is 0. The number of amides is 2. The molecule has 0 saturated heterocycles. The van der Waals surface area contributed by atoms with Crippen molar-refractivity contribution in [3.05, 3.63) is 119 Å². The SMILES string of the molecule is O=C(OCCOCc1cncc(COCCOC(=O)N(Cc2cccs2)Cc2cccs2)c1)N(Cc1cccs1)Cc1cccs1. The lowest BCUT2D eigenvalue weighted by Gasteiger charge is -2.21. The molecule has 0 aliphatic carbocycles. The van der Waals surface area contributed by atoms with E-state index < -0.39 is 0 Å². The maximum absolute atomic E-state index is 12.8. The van der Waals surface area contributed by atoms with Gasteiger partial charge in [0.1, 0.15) is 13.2 Å². The Morgan fingerprint density at radius 3 is 1.26 bits per heavy atom. The van der Waals surface area contributed by atoms with Crippen molar-refractivity contribution in [1.82, 2.24) is 14.8 Å². The molecule has 0 saturated carbocycles. The van der Waals surface area contributed by atoms with E-state index in [1.54, 1.807) is 67.5 Å². The molecule has 5 aromatic heterocycles. The van der Waals surface area contributed by atoms with Gasteiger partial charge in [0.15, 0.2) is 0 Å². The fourth-order valence-corrected chi connectivity index (χ4v) is 7.25. The van der Waals surface area contributed by atoms with Crippen molar-refractivity contribution in [2.45, 2.75) is 39.4 Å². The Kier molecular flexibility index (Phi) is 13.6. The molecule has 0 atom stereocenters. The topological polar surface area (TPSA) is 90.4 Å². The molecule has 9 nitrogen and oxygen atoms in total. The Hall–Kier alpha value is -3.59. The molecular weight excluding hydrogens is 663 g/mol. The van der Waals surface area contributed by atoms with Crippen LogP contribution >= 0.6 is 45.3 Å². The van der Waals surface area contributed by atoms with Crippen molar-refractivity contribution in [1.29, 1.82) is 0 Å². The van der Waals surface area contributed by atoms with Crippen molar-refractivity contribution in [2.24, 2.45) is 0 Å². The van der Waals surface area contributed by atoms with Crippen LogP contribution in [0.5, 0.6) is 0 Å². The Morgan fingerprint density at radius 2 is 0.935 bits per heavy atom. The van der Waals surface area contributed by atoms with E-state index >= 15 is 0 Å². The molecule has 5 aromatic rings. The van der Waals surface area contributed by atoms with E-state index in [4.69, 9.17) is 18.9 Å². The third kappa shape index (κ3) is 11.3. The first-order valence-corrected chi connectivity index (χ1v) is 18.2. The molecule has 0 radical (unpaired) electrons. The molecule has 5 heterocycles. The summed E-state index contributed by atoms with van der Waals surface area (Å²) in [6, 6.07) is 17.9. The Bertz CT molecular complexity index is 1370. The number of ether oxygens (including phenoxy) is 4. The third-order valence-electron chi connectivity index (χ3n) is 6.52. The average Bonchev–Trinajstić information content (AvgIpc) is 3.90. The highest BCUT2D eigenvalue weighted by Crippen LogP contribution is 2.19. The van der Waals surface area contributed by atoms with Crippen molar-refractivity contribution < 1.29 is 28.5 Å². The van der Waals surface area contributed by atoms with Crippen molar-refractivity contribution in [3.8, 4) is 0 Å². The second-order valence-corrected chi connectivity index (χ2v) is 14.2. The maximum Gasteiger partial charge on any atom is 0.410 e. The Balaban J connectivity index is 0.979. The highest BCUT2D eigenvalue weighted by molar-refractivity contribution is 7.10. The predicted octanol–water partition coefficient (Wildman–Crippen LogP) is 8.04. The summed E-state index contributed by atoms with van der Waals surface area (Å²) in [6.07, 6.45) is 2.73. The van der Waals surface area contributed by atoms with E-state index in [-0.39, 0.29) is 38.6 Å². The van der Waals surface area contributed by atoms with Crippen molar-refractivity contribution >= 4 is 57.5 Å². The highest BCUT2D eigenvalue weighted by Gasteiger charge is 2.18. The van der Waals surface area contributed by atoms with Crippen LogP contribution in [0, 0.1) is 0 Å². The summed E-state index contributed by atoms with van der Waals surface area (Å²) in [5.74, 6) is 0. The number of aromatic nitrogens is 1. The maximum atomic E-state index is 12.8. The molecule has 13 heteroatoms. The van der Waals surface area contributed by atoms with E-state index in [2.05, 4.69) is 4.98 Å². The van der Waals surface area contributed by atoms with Crippen molar-refractivity contribution in [2.75, 3.05) is 26.4 Å². The second-order valence-electron chi connectivity index (χ2n) is 10.1. The zero-order valence-corrected chi connectivity index (χ0v) is 28.4. The van der Waals surface area contributed by atoms with Gasteiger partial charge in [0, 0.05) is 31.9 Å². The molecule has 0 bridgehead atoms. The molecule has 0 aliphatic rings. The molecule has 242 valence electrons. The van der Waals surface area contributed by atoms with E-state index in [1.807, 2.05) is 76.1 Å². The summed E-state index contributed by atoms with van der Waals surface area (Å²) in [5.41, 5.74) is 1.77. The summed E-state index contributed by atoms with van der Waals surface area (Å²) in [5, 5.41) is 8.00. The molecule has 0 spiro atoms. The number of carbonyl (C=O) groups is 2. The van der Waals surface area contributed by atoms with E-state index in [1.165, 1.54) is 0 Å². The first-order valence-electron chi connectivity index (χ1n) is 14.6. The first kappa shape index (κ1) is 33.8. The van der Waals surface area contributed by atoms with Crippen LogP contribution in [0.15, 0.2) is 88.5 Å². The summed E-state index contributed by atoms with van der Waals surface area (Å²) in [4.78, 5) is 37.7. The van der Waals surface area contributed by atoms with Gasteiger partial charge >= 0.3 is 12.2 Å². The normalized spacial score (nSPS) is 11.0. The minimum absolute atomic E-state index is 0.150. The minimum Gasteiger partial charge on any atom is -0.447 e. The largest absolute Gasteiger partial charge is 0.447 e. The van der Waals surface area contributed by atoms with Crippen LogP contribution in [0.25, 0.3) is 0 Å². The number of rotatable bonds is 18. The van der Waals surface area contributed by atoms with Crippen LogP contribution in [-0.2, 0) is 58.3 Å². The van der Waals surface area contributed by atoms with Gasteiger partial charge < -0.3 is 18.9 Å². The van der Waals surface area contributed by atoms with Gasteiger partial charge in [-0.25, -0.2) is 9.59 Å². The van der Waals surface area contributed by atoms with Crippen LogP contribution in [0.4, 0.5) is 9.59 Å². The lowest BCUT2D eigenvalue weighted by Crippen LogP contribution is -2.31. The Labute approximate surface area is 284 Å². The molecule has 0 aliphatic heterocycles. The predicted molar refractivity (Wildman–Crippen MR) is 182 cm³/mol. The average molecular weight is 698 g/mol. The molecule has 2 amide bonds.